The van der Waals surface area contributed by atoms with Gasteiger partial charge in [0, 0.05) is 0 Å². The Morgan fingerprint density at radius 2 is 2.00 bits per heavy atom. The number of nitrogens with zero attached hydrogens (tertiary/aromatic N) is 1. The normalized spacial score (nSPS) is 11.0. The number of anilines is 1. The number of hydrogen-bond acceptors (Lipinski definition) is 4. The molecule has 0 heterocycles. The number of amides is 1. The molecule has 6 nitrogen and oxygen atoms in total. The molecule has 0 bridgehead atoms. The summed E-state index contributed by atoms with van der Waals surface area (Å²) in [6.45, 7) is 1.09. The molecule has 0 saturated heterocycles. The van der Waals surface area contributed by atoms with Crippen LogP contribution in [0.4, 0.5) is 5.69 Å². The third-order valence-electron chi connectivity index (χ3n) is 2.35. The Morgan fingerprint density at radius 3 is 2.50 bits per heavy atom. The monoisotopic (exact) mass is 272 g/mol. The van der Waals surface area contributed by atoms with E-state index in [0.29, 0.717) is 11.4 Å². The lowest BCUT2D eigenvalue weighted by atomic mass is 10.3. The topological polar surface area (TPSA) is 89.7 Å². The summed E-state index contributed by atoms with van der Waals surface area (Å²) in [7, 11) is -2.16. The van der Waals surface area contributed by atoms with Crippen LogP contribution >= 0.6 is 0 Å². The molecule has 2 N–H and O–H groups in total. The minimum absolute atomic E-state index is 0.127. The van der Waals surface area contributed by atoms with E-state index in [1.54, 1.807) is 24.3 Å². The molecule has 0 aliphatic heterocycles. The number of methoxy groups -OCH3 is 1. The lowest BCUT2D eigenvalue weighted by Gasteiger charge is -2.23. The Labute approximate surface area is 106 Å². The van der Waals surface area contributed by atoms with E-state index in [1.807, 2.05) is 0 Å². The number of rotatable bonds is 6. The number of carbonyl (C=O) groups excluding carboxylic acids is 1. The third-order valence-corrected chi connectivity index (χ3v) is 4.08. The molecule has 18 heavy (non-hydrogen) atoms. The average Bonchev–Trinajstić information content (AvgIpc) is 2.35. The first-order valence-electron chi connectivity index (χ1n) is 5.34. The average molecular weight is 272 g/mol. The molecule has 0 radical (unpaired) electrons. The van der Waals surface area contributed by atoms with E-state index in [9.17, 15) is 13.2 Å². The third kappa shape index (κ3) is 3.13. The van der Waals surface area contributed by atoms with Gasteiger partial charge in [-0.2, -0.15) is 0 Å². The number of hydrogen-bond donors (Lipinski definition) is 1. The molecule has 0 aliphatic carbocycles. The predicted octanol–water partition coefficient (Wildman–Crippen LogP) is 0.337. The van der Waals surface area contributed by atoms with Gasteiger partial charge < -0.3 is 10.5 Å². The molecule has 0 atom stereocenters. The molecule has 1 amide bonds. The van der Waals surface area contributed by atoms with Crippen LogP contribution in [-0.2, 0) is 14.8 Å². The van der Waals surface area contributed by atoms with Crippen molar-refractivity contribution in [2.24, 2.45) is 5.73 Å². The highest BCUT2D eigenvalue weighted by Gasteiger charge is 2.24. The van der Waals surface area contributed by atoms with E-state index >= 15 is 0 Å². The largest absolute Gasteiger partial charge is 0.495 e. The van der Waals surface area contributed by atoms with Gasteiger partial charge in [-0.05, 0) is 19.1 Å². The zero-order valence-corrected chi connectivity index (χ0v) is 11.1. The van der Waals surface area contributed by atoms with E-state index in [1.165, 1.54) is 14.0 Å². The van der Waals surface area contributed by atoms with Crippen molar-refractivity contribution in [3.63, 3.8) is 0 Å². The van der Waals surface area contributed by atoms with Crippen molar-refractivity contribution in [3.05, 3.63) is 24.3 Å². The van der Waals surface area contributed by atoms with E-state index in [2.05, 4.69) is 0 Å². The van der Waals surface area contributed by atoms with Crippen LogP contribution in [0.25, 0.3) is 0 Å². The highest BCUT2D eigenvalue weighted by atomic mass is 32.2. The molecule has 7 heteroatoms. The Balaban J connectivity index is 3.30. The molecular formula is C11H16N2O4S. The second kappa shape index (κ2) is 5.72. The summed E-state index contributed by atoms with van der Waals surface area (Å²) in [5, 5.41) is 0. The van der Waals surface area contributed by atoms with Crippen LogP contribution in [-0.4, -0.2) is 33.7 Å². The molecule has 100 valence electrons. The molecule has 0 saturated carbocycles. The summed E-state index contributed by atoms with van der Waals surface area (Å²) in [5.74, 6) is -0.480. The number of primary amides is 1. The highest BCUT2D eigenvalue weighted by Crippen LogP contribution is 2.29. The van der Waals surface area contributed by atoms with Gasteiger partial charge in [-0.3, -0.25) is 9.10 Å². The van der Waals surface area contributed by atoms with Crippen LogP contribution in [0.15, 0.2) is 24.3 Å². The number of ether oxygens (including phenoxy) is 1. The van der Waals surface area contributed by atoms with Gasteiger partial charge in [0.1, 0.15) is 12.3 Å². The van der Waals surface area contributed by atoms with Gasteiger partial charge in [0.25, 0.3) is 0 Å². The van der Waals surface area contributed by atoms with Crippen molar-refractivity contribution in [1.29, 1.82) is 0 Å². The van der Waals surface area contributed by atoms with Gasteiger partial charge in [0.2, 0.25) is 15.9 Å². The molecule has 1 aromatic carbocycles. The van der Waals surface area contributed by atoms with Gasteiger partial charge in [-0.15, -0.1) is 0 Å². The van der Waals surface area contributed by atoms with Crippen LogP contribution in [0.5, 0.6) is 5.75 Å². The lowest BCUT2D eigenvalue weighted by molar-refractivity contribution is -0.116. The molecule has 0 aromatic heterocycles. The van der Waals surface area contributed by atoms with Gasteiger partial charge >= 0.3 is 0 Å². The maximum atomic E-state index is 12.0. The van der Waals surface area contributed by atoms with Gasteiger partial charge in [-0.1, -0.05) is 12.1 Å². The van der Waals surface area contributed by atoms with Crippen LogP contribution in [0, 0.1) is 0 Å². The summed E-state index contributed by atoms with van der Waals surface area (Å²) in [6, 6.07) is 6.56. The zero-order chi connectivity index (χ0) is 13.8. The Hall–Kier alpha value is -1.76. The summed E-state index contributed by atoms with van der Waals surface area (Å²) < 4.78 is 30.0. The standard InChI is InChI=1S/C11H16N2O4S/c1-3-18(15,16)13(8-11(12)14)9-6-4-5-7-10(9)17-2/h4-7H,3,8H2,1-2H3,(H2,12,14). The molecule has 1 aromatic rings. The molecule has 0 unspecified atom stereocenters. The quantitative estimate of drug-likeness (QED) is 0.808. The van der Waals surface area contributed by atoms with Crippen LogP contribution in [0.2, 0.25) is 0 Å². The van der Waals surface area contributed by atoms with Gasteiger partial charge in [0.05, 0.1) is 18.6 Å². The van der Waals surface area contributed by atoms with Gasteiger partial charge in [-0.25, -0.2) is 8.42 Å². The minimum Gasteiger partial charge on any atom is -0.495 e. The van der Waals surface area contributed by atoms with Gasteiger partial charge in [0.15, 0.2) is 0 Å². The Kier molecular flexibility index (Phi) is 4.55. The number of benzene rings is 1. The second-order valence-corrected chi connectivity index (χ2v) is 5.73. The first-order chi connectivity index (χ1) is 8.42. The smallest absolute Gasteiger partial charge is 0.238 e. The summed E-state index contributed by atoms with van der Waals surface area (Å²) in [5.41, 5.74) is 5.39. The Bertz CT molecular complexity index is 528. The number of carbonyl (C=O) groups is 1. The van der Waals surface area contributed by atoms with Crippen molar-refractivity contribution >= 4 is 21.6 Å². The maximum Gasteiger partial charge on any atom is 0.238 e. The lowest BCUT2D eigenvalue weighted by Crippen LogP contribution is -2.39. The summed E-state index contributed by atoms with van der Waals surface area (Å²) in [4.78, 5) is 11.0. The van der Waals surface area contributed by atoms with Crippen molar-refractivity contribution < 1.29 is 17.9 Å². The second-order valence-electron chi connectivity index (χ2n) is 3.55. The SMILES string of the molecule is CCS(=O)(=O)N(CC(N)=O)c1ccccc1OC. The molecule has 0 fully saturated rings. The van der Waals surface area contributed by atoms with Crippen molar-refractivity contribution in [2.45, 2.75) is 6.92 Å². The van der Waals surface area contributed by atoms with Crippen LogP contribution in [0.1, 0.15) is 6.92 Å². The molecule has 0 aliphatic rings. The fourth-order valence-corrected chi connectivity index (χ4v) is 2.55. The number of nitrogens with two attached hydrogens (primary N) is 1. The van der Waals surface area contributed by atoms with E-state index < -0.39 is 22.5 Å². The van der Waals surface area contributed by atoms with Crippen molar-refractivity contribution in [1.82, 2.24) is 0 Å². The fraction of sp³-hybridized carbons (Fsp3) is 0.364. The Morgan fingerprint density at radius 1 is 1.39 bits per heavy atom. The first kappa shape index (κ1) is 14.3. The minimum atomic E-state index is -3.59. The van der Waals surface area contributed by atoms with Crippen LogP contribution < -0.4 is 14.8 Å². The molecular weight excluding hydrogens is 256 g/mol. The van der Waals surface area contributed by atoms with Crippen molar-refractivity contribution in [3.8, 4) is 5.75 Å². The predicted molar refractivity (Wildman–Crippen MR) is 69.0 cm³/mol. The number of para-hydroxylation sites is 2. The number of sulfonamides is 1. The summed E-state index contributed by atoms with van der Waals surface area (Å²) >= 11 is 0. The first-order valence-corrected chi connectivity index (χ1v) is 6.95. The van der Waals surface area contributed by atoms with E-state index in [-0.39, 0.29) is 5.75 Å². The van der Waals surface area contributed by atoms with Crippen molar-refractivity contribution in [2.75, 3.05) is 23.7 Å². The molecule has 1 rings (SSSR count). The highest BCUT2D eigenvalue weighted by molar-refractivity contribution is 7.92. The fourth-order valence-electron chi connectivity index (χ4n) is 1.47. The molecule has 0 spiro atoms. The van der Waals surface area contributed by atoms with E-state index in [0.717, 1.165) is 4.31 Å². The maximum absolute atomic E-state index is 12.0. The van der Waals surface area contributed by atoms with E-state index in [4.69, 9.17) is 10.5 Å². The summed E-state index contributed by atoms with van der Waals surface area (Å²) in [6.07, 6.45) is 0. The zero-order valence-electron chi connectivity index (χ0n) is 10.3. The van der Waals surface area contributed by atoms with Crippen LogP contribution in [0.3, 0.4) is 0 Å².